The predicted molar refractivity (Wildman–Crippen MR) is 255 cm³/mol. The normalized spacial score (nSPS) is 14.7. The number of primary amides is 1. The van der Waals surface area contributed by atoms with Crippen molar-refractivity contribution in [2.24, 2.45) is 11.5 Å². The van der Waals surface area contributed by atoms with Crippen molar-refractivity contribution >= 4 is 68.4 Å². The molecular formula is C47H67N7O12S. The van der Waals surface area contributed by atoms with Crippen LogP contribution in [-0.2, 0) is 72.5 Å². The number of esters is 1. The Morgan fingerprint density at radius 3 is 2.28 bits per heavy atom. The summed E-state index contributed by atoms with van der Waals surface area (Å²) in [7, 11) is -1.67. The van der Waals surface area contributed by atoms with Gasteiger partial charge in [0.15, 0.2) is 0 Å². The zero-order valence-corrected chi connectivity index (χ0v) is 40.8. The topological polar surface area (TPSA) is 269 Å². The number of aldehydes is 1. The number of nitrogens with one attached hydrogen (secondary N) is 2. The van der Waals surface area contributed by atoms with E-state index in [0.717, 1.165) is 23.1 Å². The molecule has 1 unspecified atom stereocenters. The van der Waals surface area contributed by atoms with Crippen LogP contribution in [-0.4, -0.2) is 124 Å². The summed E-state index contributed by atoms with van der Waals surface area (Å²) in [6, 6.07) is 13.5. The molecule has 3 aromatic rings. The fourth-order valence-electron chi connectivity index (χ4n) is 6.67. The van der Waals surface area contributed by atoms with Gasteiger partial charge in [0.2, 0.25) is 33.8 Å². The first-order valence-corrected chi connectivity index (χ1v) is 24.0. The lowest BCUT2D eigenvalue weighted by Gasteiger charge is -2.25. The number of fused-ring (bicyclic) bond motifs is 2. The van der Waals surface area contributed by atoms with Crippen molar-refractivity contribution in [1.82, 2.24) is 19.5 Å². The number of cyclic esters (lactones) is 1. The van der Waals surface area contributed by atoms with E-state index in [2.05, 4.69) is 17.6 Å². The molecule has 0 saturated heterocycles. The number of carbonyl (C=O) groups excluding carboxylic acids is 6. The van der Waals surface area contributed by atoms with E-state index in [1.807, 2.05) is 77.8 Å². The van der Waals surface area contributed by atoms with E-state index in [1.165, 1.54) is 35.5 Å². The summed E-state index contributed by atoms with van der Waals surface area (Å²) < 4.78 is 47.3. The number of hydrogen-bond acceptors (Lipinski definition) is 15. The van der Waals surface area contributed by atoms with Gasteiger partial charge in [0.25, 0.3) is 0 Å². The minimum Gasteiger partial charge on any atom is -0.458 e. The molecule has 0 saturated carbocycles. The first kappa shape index (κ1) is 56.9. The lowest BCUT2D eigenvalue weighted by Crippen LogP contribution is -2.37. The number of unbranched alkanes of at least 4 members (excludes halogenated alkanes) is 1. The van der Waals surface area contributed by atoms with Crippen LogP contribution in [0.25, 0.3) is 16.6 Å². The number of aromatic nitrogens is 1. The van der Waals surface area contributed by atoms with Crippen molar-refractivity contribution in [2.45, 2.75) is 93.0 Å². The summed E-state index contributed by atoms with van der Waals surface area (Å²) in [5.74, 6) is -2.80. The number of pyridine rings is 1. The molecule has 3 heterocycles. The Morgan fingerprint density at radius 1 is 1.03 bits per heavy atom. The fraction of sp³-hybridized carbons (Fsp3) is 0.468. The second-order valence-corrected chi connectivity index (χ2v) is 16.8. The quantitative estimate of drug-likeness (QED) is 0.0961. The van der Waals surface area contributed by atoms with E-state index in [4.69, 9.17) is 35.4 Å². The lowest BCUT2D eigenvalue weighted by atomic mass is 9.96. The highest BCUT2D eigenvalue weighted by atomic mass is 32.2. The molecule has 3 amide bonds. The second-order valence-electron chi connectivity index (χ2n) is 14.9. The SMILES string of the molecule is CC.CC.CC(C)N(CCc1c2c(nc3ccccc13)/C(=C/C1=C(C=O)COC(=O)C1OC(=O)OCc1ccc(NC(=O)CNC(=O)COCC(N)=O)cc1)N(C)C2)S(C)(=O)=O.CCCCN. The number of benzene rings is 2. The highest BCUT2D eigenvalue weighted by Crippen LogP contribution is 2.38. The highest BCUT2D eigenvalue weighted by Gasteiger charge is 2.37. The van der Waals surface area contributed by atoms with Crippen molar-refractivity contribution < 1.29 is 56.1 Å². The summed E-state index contributed by atoms with van der Waals surface area (Å²) in [5, 5.41) is 5.79. The number of ether oxygens (including phenoxy) is 4. The van der Waals surface area contributed by atoms with Crippen LogP contribution in [0.4, 0.5) is 10.5 Å². The first-order valence-electron chi connectivity index (χ1n) is 22.2. The van der Waals surface area contributed by atoms with Crippen molar-refractivity contribution in [3.63, 3.8) is 0 Å². The van der Waals surface area contributed by atoms with E-state index in [-0.39, 0.29) is 43.5 Å². The number of sulfonamides is 1. The van der Waals surface area contributed by atoms with Crippen molar-refractivity contribution in [3.05, 3.63) is 88.1 Å². The summed E-state index contributed by atoms with van der Waals surface area (Å²) >= 11 is 0. The second kappa shape index (κ2) is 28.7. The summed E-state index contributed by atoms with van der Waals surface area (Å²) in [6.07, 6.45) is 3.21. The van der Waals surface area contributed by atoms with Gasteiger partial charge in [-0.25, -0.2) is 23.0 Å². The summed E-state index contributed by atoms with van der Waals surface area (Å²) in [4.78, 5) is 79.7. The van der Waals surface area contributed by atoms with Crippen LogP contribution < -0.4 is 22.1 Å². The predicted octanol–water partition coefficient (Wildman–Crippen LogP) is 4.36. The highest BCUT2D eigenvalue weighted by molar-refractivity contribution is 7.88. The monoisotopic (exact) mass is 953 g/mol. The molecule has 67 heavy (non-hydrogen) atoms. The molecule has 1 atom stereocenters. The van der Waals surface area contributed by atoms with Crippen LogP contribution in [0.15, 0.2) is 65.8 Å². The number of carbonyl (C=O) groups is 6. The van der Waals surface area contributed by atoms with Gasteiger partial charge in [0, 0.05) is 54.0 Å². The minimum atomic E-state index is -3.48. The molecule has 0 spiro atoms. The number of hydrogen-bond donors (Lipinski definition) is 4. The maximum atomic E-state index is 13.1. The number of rotatable bonds is 19. The Balaban J connectivity index is 0.00000158. The fourth-order valence-corrected chi connectivity index (χ4v) is 7.86. The molecule has 2 aliphatic heterocycles. The van der Waals surface area contributed by atoms with Gasteiger partial charge in [-0.3, -0.25) is 19.2 Å². The Bertz CT molecular complexity index is 2330. The third kappa shape index (κ3) is 17.5. The van der Waals surface area contributed by atoms with E-state index >= 15 is 0 Å². The summed E-state index contributed by atoms with van der Waals surface area (Å²) in [6.45, 7) is 13.4. The molecule has 19 nitrogen and oxygen atoms in total. The van der Waals surface area contributed by atoms with E-state index in [0.29, 0.717) is 47.4 Å². The number of nitrogens with two attached hydrogens (primary N) is 2. The van der Waals surface area contributed by atoms with Crippen LogP contribution in [0.2, 0.25) is 0 Å². The van der Waals surface area contributed by atoms with Crippen LogP contribution in [0.1, 0.15) is 83.7 Å². The first-order chi connectivity index (χ1) is 32.0. The molecule has 0 radical (unpaired) electrons. The van der Waals surface area contributed by atoms with Crippen molar-refractivity contribution in [1.29, 1.82) is 0 Å². The number of anilines is 1. The molecule has 6 N–H and O–H groups in total. The number of amides is 3. The molecule has 0 aliphatic carbocycles. The molecule has 2 aliphatic rings. The van der Waals surface area contributed by atoms with Crippen LogP contribution >= 0.6 is 0 Å². The molecule has 2 aromatic carbocycles. The van der Waals surface area contributed by atoms with Crippen LogP contribution in [0.3, 0.4) is 0 Å². The Kier molecular flexibility index (Phi) is 24.4. The van der Waals surface area contributed by atoms with E-state index in [9.17, 15) is 37.2 Å². The van der Waals surface area contributed by atoms with Crippen molar-refractivity contribution in [3.8, 4) is 0 Å². The maximum Gasteiger partial charge on any atom is 0.509 e. The minimum absolute atomic E-state index is 0.0714. The van der Waals surface area contributed by atoms with Gasteiger partial charge in [-0.05, 0) is 68.6 Å². The van der Waals surface area contributed by atoms with Crippen LogP contribution in [0.5, 0.6) is 0 Å². The van der Waals surface area contributed by atoms with Gasteiger partial charge in [-0.2, -0.15) is 4.31 Å². The molecule has 368 valence electrons. The standard InChI is InChI=1S/C39H44N6O12S.C4H11N.2C2H6/c1-23(2)45(58(4,52)53)14-13-27-28-7-5-6-8-31(28)43-36-30(27)17-44(3)32(36)15-29-25(18-46)20-55-38(50)37(29)57-39(51)56-19-24-9-11-26(12-10-24)42-34(48)16-41-35(49)22-54-21-33(40)47;1-2-3-4-5;2*1-2/h5-12,15,18,23,37H,13-14,16-17,19-22H2,1-4H3,(H2,40,47)(H,41,49)(H,42,48);2-5H2,1H3;2*1-2H3/b32-15-;;;. The molecule has 0 bridgehead atoms. The molecule has 20 heteroatoms. The molecule has 1 aromatic heterocycles. The van der Waals surface area contributed by atoms with Gasteiger partial charge < -0.3 is 45.9 Å². The Hall–Kier alpha value is -6.22. The van der Waals surface area contributed by atoms with Crippen molar-refractivity contribution in [2.75, 3.05) is 58.1 Å². The van der Waals surface area contributed by atoms with E-state index < -0.39 is 59.2 Å². The largest absolute Gasteiger partial charge is 0.509 e. The van der Waals surface area contributed by atoms with Gasteiger partial charge in [-0.15, -0.1) is 0 Å². The molecule has 0 fully saturated rings. The average molecular weight is 954 g/mol. The maximum absolute atomic E-state index is 13.1. The third-order valence-electron chi connectivity index (χ3n) is 9.71. The smallest absolute Gasteiger partial charge is 0.458 e. The lowest BCUT2D eigenvalue weighted by molar-refractivity contribution is -0.153. The third-order valence-corrected chi connectivity index (χ3v) is 11.2. The molecular weight excluding hydrogens is 887 g/mol. The number of para-hydroxylation sites is 1. The van der Waals surface area contributed by atoms with E-state index in [1.54, 1.807) is 18.2 Å². The zero-order valence-electron chi connectivity index (χ0n) is 40.0. The Labute approximate surface area is 393 Å². The van der Waals surface area contributed by atoms with Gasteiger partial charge in [-0.1, -0.05) is 71.4 Å². The Morgan fingerprint density at radius 2 is 1.70 bits per heavy atom. The van der Waals surface area contributed by atoms with Gasteiger partial charge in [0.05, 0.1) is 29.7 Å². The van der Waals surface area contributed by atoms with Gasteiger partial charge >= 0.3 is 12.1 Å². The average Bonchev–Trinajstić information content (AvgIpc) is 3.61. The van der Waals surface area contributed by atoms with Gasteiger partial charge in [0.1, 0.15) is 32.7 Å². The zero-order chi connectivity index (χ0) is 50.3. The van der Waals surface area contributed by atoms with Crippen LogP contribution in [0, 0.1) is 0 Å². The summed E-state index contributed by atoms with van der Waals surface area (Å²) in [5.41, 5.74) is 14.7. The molecule has 5 rings (SSSR count). The number of nitrogens with zero attached hydrogens (tertiary/aromatic N) is 3.